The molecule has 5 nitrogen and oxygen atoms in total. The topological polar surface area (TPSA) is 79.5 Å². The lowest BCUT2D eigenvalue weighted by Gasteiger charge is -2.27. The van der Waals surface area contributed by atoms with Crippen LogP contribution in [0.1, 0.15) is 35.1 Å². The maximum atomic E-state index is 10.6. The zero-order chi connectivity index (χ0) is 34.9. The summed E-state index contributed by atoms with van der Waals surface area (Å²) in [4.78, 5) is 2.33. The van der Waals surface area contributed by atoms with Crippen molar-refractivity contribution in [2.75, 3.05) is 11.4 Å². The van der Waals surface area contributed by atoms with Gasteiger partial charge in [0.05, 0.1) is 51.6 Å². The van der Waals surface area contributed by atoms with Crippen molar-refractivity contribution in [1.82, 2.24) is 4.57 Å². The summed E-state index contributed by atoms with van der Waals surface area (Å²) in [6.45, 7) is 2.96. The molecule has 7 aromatic rings. The number of nitriles is 3. The van der Waals surface area contributed by atoms with Crippen LogP contribution in [0.15, 0.2) is 152 Å². The first-order chi connectivity index (χ1) is 25.1. The Morgan fingerprint density at radius 3 is 2.18 bits per heavy atom. The minimum Gasteiger partial charge on any atom is -0.337 e. The minimum atomic E-state index is 0.284. The zero-order valence-corrected chi connectivity index (χ0v) is 28.0. The minimum absolute atomic E-state index is 0.284. The Hall–Kier alpha value is -7.13. The number of benzene rings is 6. The molecule has 2 heterocycles. The van der Waals surface area contributed by atoms with Crippen LogP contribution in [-0.4, -0.2) is 11.1 Å². The van der Waals surface area contributed by atoms with Crippen LogP contribution in [0.2, 0.25) is 0 Å². The summed E-state index contributed by atoms with van der Waals surface area (Å²) >= 11 is 0. The van der Waals surface area contributed by atoms with Gasteiger partial charge in [0.15, 0.2) is 0 Å². The summed E-state index contributed by atoms with van der Waals surface area (Å²) in [6, 6.07) is 49.4. The van der Waals surface area contributed by atoms with Gasteiger partial charge in [0, 0.05) is 45.7 Å². The van der Waals surface area contributed by atoms with Gasteiger partial charge in [-0.25, -0.2) is 0 Å². The molecule has 0 fully saturated rings. The van der Waals surface area contributed by atoms with Crippen molar-refractivity contribution < 1.29 is 0 Å². The van der Waals surface area contributed by atoms with Crippen LogP contribution in [0.5, 0.6) is 0 Å². The predicted octanol–water partition coefficient (Wildman–Crippen LogP) is 11.1. The average Bonchev–Trinajstić information content (AvgIpc) is 3.55. The second kappa shape index (κ2) is 13.1. The molecule has 1 aliphatic heterocycles. The smallest absolute Gasteiger partial charge is 0.0998 e. The van der Waals surface area contributed by atoms with Crippen molar-refractivity contribution in [3.63, 3.8) is 0 Å². The number of fused-ring (bicyclic) bond motifs is 4. The quantitative estimate of drug-likeness (QED) is 0.189. The maximum absolute atomic E-state index is 10.6. The molecule has 51 heavy (non-hydrogen) atoms. The Bertz CT molecular complexity index is 2670. The standard InChI is InChI=1S/C46H31N5/c1-31-10-3-2-8-25-50(42-14-6-4-12-38(31)42)37-21-18-33(19-22-37)34-20-23-39(36(27-34)30-49)46-35(29-48)11-9-16-45(46)51-43-15-7-5-13-40(43)41-26-32(28-47)17-24-44(41)51/h2-24,26-27,31H,25H2,1H3/b8-2-,10-3-. The molecule has 0 N–H and O–H groups in total. The molecular formula is C46H31N5. The van der Waals surface area contributed by atoms with E-state index in [-0.39, 0.29) is 5.92 Å². The van der Waals surface area contributed by atoms with Gasteiger partial charge in [-0.2, -0.15) is 15.8 Å². The Morgan fingerprint density at radius 1 is 0.608 bits per heavy atom. The molecular weight excluding hydrogens is 623 g/mol. The fraction of sp³-hybridized carbons (Fsp3) is 0.0652. The summed E-state index contributed by atoms with van der Waals surface area (Å²) in [6.07, 6.45) is 8.63. The van der Waals surface area contributed by atoms with Gasteiger partial charge in [-0.05, 0) is 77.4 Å². The van der Waals surface area contributed by atoms with Gasteiger partial charge in [0.25, 0.3) is 0 Å². The first-order valence-electron chi connectivity index (χ1n) is 16.9. The van der Waals surface area contributed by atoms with E-state index in [1.807, 2.05) is 72.8 Å². The third-order valence-electron chi connectivity index (χ3n) is 9.78. The molecule has 0 spiro atoms. The first-order valence-corrected chi connectivity index (χ1v) is 16.9. The molecule has 1 atom stereocenters. The lowest BCUT2D eigenvalue weighted by Crippen LogP contribution is -2.18. The van der Waals surface area contributed by atoms with Crippen LogP contribution in [0.4, 0.5) is 11.4 Å². The van der Waals surface area contributed by atoms with Gasteiger partial charge in [-0.1, -0.05) is 98.0 Å². The average molecular weight is 654 g/mol. The Balaban J connectivity index is 1.22. The molecule has 240 valence electrons. The van der Waals surface area contributed by atoms with E-state index in [1.165, 1.54) is 11.3 Å². The summed E-state index contributed by atoms with van der Waals surface area (Å²) in [5.74, 6) is 0.284. The van der Waals surface area contributed by atoms with Gasteiger partial charge < -0.3 is 9.47 Å². The lowest BCUT2D eigenvalue weighted by molar-refractivity contribution is 0.951. The molecule has 1 aliphatic rings. The van der Waals surface area contributed by atoms with E-state index in [9.17, 15) is 15.8 Å². The second-order valence-corrected chi connectivity index (χ2v) is 12.7. The van der Waals surface area contributed by atoms with Crippen LogP contribution in [-0.2, 0) is 0 Å². The highest BCUT2D eigenvalue weighted by molar-refractivity contribution is 6.10. The summed E-state index contributed by atoms with van der Waals surface area (Å²) in [5, 5.41) is 32.5. The van der Waals surface area contributed by atoms with E-state index in [2.05, 4.69) is 107 Å². The van der Waals surface area contributed by atoms with Gasteiger partial charge in [-0.3, -0.25) is 0 Å². The largest absolute Gasteiger partial charge is 0.337 e. The number of para-hydroxylation sites is 2. The van der Waals surface area contributed by atoms with E-state index in [4.69, 9.17) is 0 Å². The molecule has 0 aliphatic carbocycles. The third-order valence-corrected chi connectivity index (χ3v) is 9.78. The van der Waals surface area contributed by atoms with Gasteiger partial charge in [0.1, 0.15) is 0 Å². The van der Waals surface area contributed by atoms with Crippen molar-refractivity contribution in [3.8, 4) is 46.1 Å². The van der Waals surface area contributed by atoms with Crippen LogP contribution in [0.25, 0.3) is 49.7 Å². The highest BCUT2D eigenvalue weighted by Crippen LogP contribution is 2.40. The number of anilines is 2. The van der Waals surface area contributed by atoms with E-state index in [1.54, 1.807) is 6.07 Å². The van der Waals surface area contributed by atoms with Crippen molar-refractivity contribution in [2.45, 2.75) is 12.8 Å². The Morgan fingerprint density at radius 2 is 1.35 bits per heavy atom. The van der Waals surface area contributed by atoms with E-state index >= 15 is 0 Å². The number of hydrogen-bond donors (Lipinski definition) is 0. The Kier molecular flexibility index (Phi) is 7.98. The predicted molar refractivity (Wildman–Crippen MR) is 206 cm³/mol. The normalized spacial score (nSPS) is 15.1. The summed E-state index contributed by atoms with van der Waals surface area (Å²) in [5.41, 5.74) is 11.0. The van der Waals surface area contributed by atoms with E-state index in [0.717, 1.165) is 50.9 Å². The van der Waals surface area contributed by atoms with Crippen molar-refractivity contribution in [3.05, 3.63) is 174 Å². The second-order valence-electron chi connectivity index (χ2n) is 12.7. The zero-order valence-electron chi connectivity index (χ0n) is 28.0. The fourth-order valence-corrected chi connectivity index (χ4v) is 7.31. The highest BCUT2D eigenvalue weighted by Gasteiger charge is 2.21. The number of nitrogens with zero attached hydrogens (tertiary/aromatic N) is 5. The molecule has 0 radical (unpaired) electrons. The third kappa shape index (κ3) is 5.43. The summed E-state index contributed by atoms with van der Waals surface area (Å²) < 4.78 is 2.13. The fourth-order valence-electron chi connectivity index (χ4n) is 7.31. The number of allylic oxidation sites excluding steroid dienone is 3. The molecule has 0 saturated carbocycles. The SMILES string of the molecule is CC1/C=C\C=C/CN(c2ccc(-c3ccc(-c4c(C#N)cccc4-n4c5ccccc5c5cc(C#N)ccc54)c(C#N)c3)cc2)c2ccccc21. The molecule has 1 unspecified atom stereocenters. The number of hydrogen-bond acceptors (Lipinski definition) is 4. The van der Waals surface area contributed by atoms with Gasteiger partial charge >= 0.3 is 0 Å². The molecule has 6 aromatic carbocycles. The molecule has 0 amide bonds. The molecule has 8 rings (SSSR count). The van der Waals surface area contributed by atoms with Crippen LogP contribution >= 0.6 is 0 Å². The number of aromatic nitrogens is 1. The van der Waals surface area contributed by atoms with Crippen molar-refractivity contribution >= 4 is 33.2 Å². The van der Waals surface area contributed by atoms with Crippen LogP contribution in [0, 0.1) is 34.0 Å². The first kappa shape index (κ1) is 31.2. The monoisotopic (exact) mass is 653 g/mol. The van der Waals surface area contributed by atoms with E-state index in [0.29, 0.717) is 27.8 Å². The van der Waals surface area contributed by atoms with Gasteiger partial charge in [0.2, 0.25) is 0 Å². The van der Waals surface area contributed by atoms with E-state index < -0.39 is 0 Å². The molecule has 0 bridgehead atoms. The maximum Gasteiger partial charge on any atom is 0.0998 e. The van der Waals surface area contributed by atoms with Crippen LogP contribution in [0.3, 0.4) is 0 Å². The lowest BCUT2D eigenvalue weighted by atomic mass is 9.91. The van der Waals surface area contributed by atoms with Gasteiger partial charge in [-0.15, -0.1) is 0 Å². The van der Waals surface area contributed by atoms with Crippen molar-refractivity contribution in [2.24, 2.45) is 0 Å². The molecule has 1 aromatic heterocycles. The highest BCUT2D eigenvalue weighted by atomic mass is 15.1. The molecule has 5 heteroatoms. The Labute approximate surface area is 297 Å². The molecule has 0 saturated heterocycles. The number of rotatable bonds is 4. The van der Waals surface area contributed by atoms with Crippen molar-refractivity contribution in [1.29, 1.82) is 15.8 Å². The summed E-state index contributed by atoms with van der Waals surface area (Å²) in [7, 11) is 0. The van der Waals surface area contributed by atoms with Crippen LogP contribution < -0.4 is 4.90 Å².